The Bertz CT molecular complexity index is 1140. The van der Waals surface area contributed by atoms with Crippen molar-refractivity contribution in [2.24, 2.45) is 0 Å². The third kappa shape index (κ3) is 5.03. The molecule has 1 amide bonds. The summed E-state index contributed by atoms with van der Waals surface area (Å²) < 4.78 is 25.5. The van der Waals surface area contributed by atoms with E-state index in [0.29, 0.717) is 48.2 Å². The predicted molar refractivity (Wildman–Crippen MR) is 125 cm³/mol. The van der Waals surface area contributed by atoms with Gasteiger partial charge in [-0.2, -0.15) is 0 Å². The first-order chi connectivity index (χ1) is 15.9. The lowest BCUT2D eigenvalue weighted by atomic mass is 9.97. The maximum atomic E-state index is 13.9. The molecule has 7 heteroatoms. The fourth-order valence-electron chi connectivity index (χ4n) is 4.57. The van der Waals surface area contributed by atoms with Gasteiger partial charge in [-0.25, -0.2) is 4.39 Å². The van der Waals surface area contributed by atoms with Gasteiger partial charge in [0.2, 0.25) is 0 Å². The van der Waals surface area contributed by atoms with Crippen LogP contribution in [0.4, 0.5) is 10.1 Å². The lowest BCUT2D eigenvalue weighted by molar-refractivity contribution is 0.0853. The molecule has 0 radical (unpaired) electrons. The van der Waals surface area contributed by atoms with Gasteiger partial charge in [-0.15, -0.1) is 0 Å². The van der Waals surface area contributed by atoms with Crippen LogP contribution >= 0.6 is 0 Å². The first-order valence-corrected chi connectivity index (χ1v) is 11.8. The first kappa shape index (κ1) is 23.2. The summed E-state index contributed by atoms with van der Waals surface area (Å²) in [6.45, 7) is 7.05. The maximum absolute atomic E-state index is 13.9. The quantitative estimate of drug-likeness (QED) is 0.391. The van der Waals surface area contributed by atoms with Crippen LogP contribution in [0.15, 0.2) is 39.2 Å². The van der Waals surface area contributed by atoms with Crippen molar-refractivity contribution in [2.45, 2.75) is 77.9 Å². The minimum atomic E-state index is -0.502. The van der Waals surface area contributed by atoms with E-state index < -0.39 is 11.7 Å². The van der Waals surface area contributed by atoms with Crippen LogP contribution in [-0.2, 0) is 6.54 Å². The summed E-state index contributed by atoms with van der Waals surface area (Å²) in [5.74, 6) is -0.311. The number of anilines is 1. The molecule has 2 atom stereocenters. The summed E-state index contributed by atoms with van der Waals surface area (Å²) in [6, 6.07) is 8.34. The molecule has 6 nitrogen and oxygen atoms in total. The summed E-state index contributed by atoms with van der Waals surface area (Å²) in [6.07, 6.45) is 5.37. The van der Waals surface area contributed by atoms with Crippen molar-refractivity contribution < 1.29 is 22.8 Å². The fourth-order valence-corrected chi connectivity index (χ4v) is 4.57. The van der Waals surface area contributed by atoms with E-state index in [1.54, 1.807) is 6.07 Å². The van der Waals surface area contributed by atoms with Gasteiger partial charge in [-0.3, -0.25) is 14.5 Å². The number of carbonyl (C=O) groups is 2. The zero-order chi connectivity index (χ0) is 23.5. The van der Waals surface area contributed by atoms with Gasteiger partial charge in [0.1, 0.15) is 17.2 Å². The molecule has 3 heterocycles. The molecule has 1 aliphatic heterocycles. The number of nitrogens with zero attached hydrogens (tertiary/aromatic N) is 1. The Morgan fingerprint density at radius 1 is 1.12 bits per heavy atom. The van der Waals surface area contributed by atoms with Crippen LogP contribution < -0.4 is 5.32 Å². The second-order valence-corrected chi connectivity index (χ2v) is 8.99. The number of likely N-dealkylation sites (tertiary alicyclic amines) is 1. The molecule has 4 rings (SSSR count). The SMILES string of the molecule is CCCCC(=O)c1oc2ccc(F)cc2c1NC(=O)c1ccc(CN2C(C)CCCC2C)o1. The van der Waals surface area contributed by atoms with E-state index in [9.17, 15) is 14.0 Å². The van der Waals surface area contributed by atoms with Crippen molar-refractivity contribution in [3.8, 4) is 0 Å². The summed E-state index contributed by atoms with van der Waals surface area (Å²) in [5, 5.41) is 3.09. The van der Waals surface area contributed by atoms with Crippen molar-refractivity contribution in [1.29, 1.82) is 0 Å². The second-order valence-electron chi connectivity index (χ2n) is 8.99. The number of carbonyl (C=O) groups excluding carboxylic acids is 2. The number of halogens is 1. The Morgan fingerprint density at radius 3 is 2.61 bits per heavy atom. The summed E-state index contributed by atoms with van der Waals surface area (Å²) in [4.78, 5) is 28.1. The number of ketones is 1. The number of amides is 1. The van der Waals surface area contributed by atoms with E-state index in [-0.39, 0.29) is 23.0 Å². The molecule has 3 aromatic rings. The Balaban J connectivity index is 1.56. The van der Waals surface area contributed by atoms with Gasteiger partial charge in [0.25, 0.3) is 5.91 Å². The maximum Gasteiger partial charge on any atom is 0.291 e. The normalized spacial score (nSPS) is 19.2. The Labute approximate surface area is 193 Å². The van der Waals surface area contributed by atoms with Crippen LogP contribution in [0, 0.1) is 5.82 Å². The van der Waals surface area contributed by atoms with Crippen molar-refractivity contribution in [3.05, 3.63) is 53.4 Å². The van der Waals surface area contributed by atoms with E-state index in [2.05, 4.69) is 24.1 Å². The number of furan rings is 2. The highest BCUT2D eigenvalue weighted by Crippen LogP contribution is 2.33. The highest BCUT2D eigenvalue weighted by molar-refractivity contribution is 6.14. The van der Waals surface area contributed by atoms with Crippen LogP contribution in [-0.4, -0.2) is 28.7 Å². The average molecular weight is 455 g/mol. The molecule has 176 valence electrons. The number of nitrogens with one attached hydrogen (secondary N) is 1. The van der Waals surface area contributed by atoms with Crippen LogP contribution in [0.5, 0.6) is 0 Å². The molecular formula is C26H31FN2O4. The molecule has 2 unspecified atom stereocenters. The molecule has 33 heavy (non-hydrogen) atoms. The number of piperidine rings is 1. The molecule has 1 saturated heterocycles. The number of hydrogen-bond donors (Lipinski definition) is 1. The van der Waals surface area contributed by atoms with Crippen molar-refractivity contribution in [1.82, 2.24) is 4.90 Å². The number of rotatable bonds is 8. The molecule has 1 fully saturated rings. The smallest absolute Gasteiger partial charge is 0.291 e. The molecular weight excluding hydrogens is 423 g/mol. The van der Waals surface area contributed by atoms with Crippen LogP contribution in [0.1, 0.15) is 86.2 Å². The molecule has 0 saturated carbocycles. The molecule has 1 N–H and O–H groups in total. The van der Waals surface area contributed by atoms with Gasteiger partial charge in [0.15, 0.2) is 17.3 Å². The minimum absolute atomic E-state index is 0.0418. The third-order valence-corrected chi connectivity index (χ3v) is 6.50. The van der Waals surface area contributed by atoms with Crippen molar-refractivity contribution in [3.63, 3.8) is 0 Å². The van der Waals surface area contributed by atoms with Crippen LogP contribution in [0.25, 0.3) is 11.0 Å². The van der Waals surface area contributed by atoms with E-state index in [0.717, 1.165) is 19.3 Å². The fraction of sp³-hybridized carbons (Fsp3) is 0.462. The van der Waals surface area contributed by atoms with Crippen molar-refractivity contribution in [2.75, 3.05) is 5.32 Å². The monoisotopic (exact) mass is 454 g/mol. The number of fused-ring (bicyclic) bond motifs is 1. The molecule has 2 aromatic heterocycles. The molecule has 0 bridgehead atoms. The molecule has 0 aliphatic carbocycles. The number of hydrogen-bond acceptors (Lipinski definition) is 5. The van der Waals surface area contributed by atoms with Crippen LogP contribution in [0.2, 0.25) is 0 Å². The summed E-state index contributed by atoms with van der Waals surface area (Å²) >= 11 is 0. The van der Waals surface area contributed by atoms with Gasteiger partial charge in [-0.1, -0.05) is 19.8 Å². The van der Waals surface area contributed by atoms with E-state index in [1.165, 1.54) is 24.6 Å². The van der Waals surface area contributed by atoms with E-state index in [1.807, 2.05) is 13.0 Å². The lowest BCUT2D eigenvalue weighted by Gasteiger charge is -2.38. The standard InChI is InChI=1S/C26H31FN2O4/c1-4-5-9-21(30)25-24(20-14-18(27)10-12-22(20)33-25)28-26(31)23-13-11-19(32-23)15-29-16(2)7-6-8-17(29)3/h10-14,16-17H,4-9,15H2,1-3H3,(H,28,31). The number of Topliss-reactive ketones (excluding diaryl/α,β-unsaturated/α-hetero) is 1. The van der Waals surface area contributed by atoms with Gasteiger partial charge < -0.3 is 14.2 Å². The topological polar surface area (TPSA) is 75.7 Å². The second kappa shape index (κ2) is 9.91. The lowest BCUT2D eigenvalue weighted by Crippen LogP contribution is -2.42. The van der Waals surface area contributed by atoms with Crippen LogP contribution in [0.3, 0.4) is 0 Å². The molecule has 1 aromatic carbocycles. The largest absolute Gasteiger partial charge is 0.455 e. The van der Waals surface area contributed by atoms with Gasteiger partial charge in [-0.05, 0) is 63.4 Å². The Morgan fingerprint density at radius 2 is 1.88 bits per heavy atom. The predicted octanol–water partition coefficient (Wildman–Crippen LogP) is 6.55. The highest BCUT2D eigenvalue weighted by Gasteiger charge is 2.27. The van der Waals surface area contributed by atoms with E-state index in [4.69, 9.17) is 8.83 Å². The summed E-state index contributed by atoms with van der Waals surface area (Å²) in [5.41, 5.74) is 0.534. The Hall–Kier alpha value is -2.93. The number of benzene rings is 1. The third-order valence-electron chi connectivity index (χ3n) is 6.50. The Kier molecular flexibility index (Phi) is 6.98. The molecule has 0 spiro atoms. The van der Waals surface area contributed by atoms with Gasteiger partial charge in [0, 0.05) is 23.9 Å². The zero-order valence-corrected chi connectivity index (χ0v) is 19.4. The van der Waals surface area contributed by atoms with E-state index >= 15 is 0 Å². The molecule has 1 aliphatic rings. The zero-order valence-electron chi connectivity index (χ0n) is 19.4. The minimum Gasteiger partial charge on any atom is -0.455 e. The van der Waals surface area contributed by atoms with Gasteiger partial charge >= 0.3 is 0 Å². The average Bonchev–Trinajstić information content (AvgIpc) is 3.40. The number of unbranched alkanes of at least 4 members (excludes halogenated alkanes) is 1. The summed E-state index contributed by atoms with van der Waals surface area (Å²) in [7, 11) is 0. The highest BCUT2D eigenvalue weighted by atomic mass is 19.1. The van der Waals surface area contributed by atoms with Gasteiger partial charge in [0.05, 0.1) is 12.2 Å². The van der Waals surface area contributed by atoms with Crippen molar-refractivity contribution >= 4 is 28.3 Å². The first-order valence-electron chi connectivity index (χ1n) is 11.8.